The number of nitrogens with zero attached hydrogens (tertiary/aromatic N) is 1. The lowest BCUT2D eigenvalue weighted by Crippen LogP contribution is -2.37. The van der Waals surface area contributed by atoms with Crippen LogP contribution in [0.1, 0.15) is 16.8 Å². The van der Waals surface area contributed by atoms with Crippen LogP contribution >= 0.6 is 0 Å². The van der Waals surface area contributed by atoms with Gasteiger partial charge in [-0.15, -0.1) is 0 Å². The number of methoxy groups -OCH3 is 1. The van der Waals surface area contributed by atoms with E-state index in [4.69, 9.17) is 0 Å². The van der Waals surface area contributed by atoms with Crippen LogP contribution in [0.25, 0.3) is 0 Å². The number of carbonyl (C=O) groups is 2. The van der Waals surface area contributed by atoms with Crippen LogP contribution in [0.3, 0.4) is 0 Å². The number of carbonyl (C=O) groups excluding carboxylic acids is 2. The number of hydrogen-bond acceptors (Lipinski definition) is 4. The fourth-order valence-corrected chi connectivity index (χ4v) is 2.24. The molecule has 1 heterocycles. The maximum atomic E-state index is 13.5. The van der Waals surface area contributed by atoms with Crippen LogP contribution in [0, 0.1) is 5.82 Å². The zero-order valence-corrected chi connectivity index (χ0v) is 10.6. The number of anilines is 1. The highest BCUT2D eigenvalue weighted by Gasteiger charge is 2.26. The SMILES string of the molecule is COC(=O)NC1CCN(c2cccc(F)c2C=O)C1. The third-order valence-electron chi connectivity index (χ3n) is 3.18. The average Bonchev–Trinajstić information content (AvgIpc) is 2.86. The van der Waals surface area contributed by atoms with Gasteiger partial charge >= 0.3 is 6.09 Å². The first-order chi connectivity index (χ1) is 9.15. The molecule has 0 saturated carbocycles. The average molecular weight is 266 g/mol. The van der Waals surface area contributed by atoms with Crippen molar-refractivity contribution in [1.29, 1.82) is 0 Å². The number of rotatable bonds is 3. The van der Waals surface area contributed by atoms with Gasteiger partial charge in [-0.1, -0.05) is 6.07 Å². The van der Waals surface area contributed by atoms with E-state index in [1.165, 1.54) is 13.2 Å². The lowest BCUT2D eigenvalue weighted by molar-refractivity contribution is 0.112. The van der Waals surface area contributed by atoms with E-state index in [1.54, 1.807) is 12.1 Å². The fourth-order valence-electron chi connectivity index (χ4n) is 2.24. The number of benzene rings is 1. The molecule has 6 heteroatoms. The summed E-state index contributed by atoms with van der Waals surface area (Å²) in [6.07, 6.45) is 0.761. The zero-order valence-electron chi connectivity index (χ0n) is 10.6. The summed E-state index contributed by atoms with van der Waals surface area (Å²) in [6, 6.07) is 4.47. The van der Waals surface area contributed by atoms with Gasteiger partial charge in [0.2, 0.25) is 0 Å². The molecule has 5 nitrogen and oxygen atoms in total. The molecular formula is C13H15FN2O3. The predicted molar refractivity (Wildman–Crippen MR) is 67.9 cm³/mol. The van der Waals surface area contributed by atoms with E-state index >= 15 is 0 Å². The summed E-state index contributed by atoms with van der Waals surface area (Å²) in [5.41, 5.74) is 0.616. The summed E-state index contributed by atoms with van der Waals surface area (Å²) in [5.74, 6) is -0.531. The van der Waals surface area contributed by atoms with E-state index in [2.05, 4.69) is 10.1 Å². The summed E-state index contributed by atoms with van der Waals surface area (Å²) >= 11 is 0. The van der Waals surface area contributed by atoms with Crippen molar-refractivity contribution in [2.24, 2.45) is 0 Å². The predicted octanol–water partition coefficient (Wildman–Crippen LogP) is 1.57. The Balaban J connectivity index is 2.11. The smallest absolute Gasteiger partial charge is 0.407 e. The summed E-state index contributed by atoms with van der Waals surface area (Å²) in [7, 11) is 1.30. The highest BCUT2D eigenvalue weighted by atomic mass is 19.1. The van der Waals surface area contributed by atoms with Crippen molar-refractivity contribution < 1.29 is 18.7 Å². The Kier molecular flexibility index (Phi) is 3.99. The van der Waals surface area contributed by atoms with E-state index < -0.39 is 11.9 Å². The molecule has 1 unspecified atom stereocenters. The summed E-state index contributed by atoms with van der Waals surface area (Å²) < 4.78 is 18.1. The van der Waals surface area contributed by atoms with Crippen LogP contribution in [0.5, 0.6) is 0 Å². The first-order valence-corrected chi connectivity index (χ1v) is 5.99. The lowest BCUT2D eigenvalue weighted by Gasteiger charge is -2.20. The number of ether oxygens (including phenoxy) is 1. The van der Waals surface area contributed by atoms with Crippen molar-refractivity contribution in [1.82, 2.24) is 5.32 Å². The van der Waals surface area contributed by atoms with E-state index in [-0.39, 0.29) is 11.6 Å². The van der Waals surface area contributed by atoms with Gasteiger partial charge in [0.1, 0.15) is 5.82 Å². The molecule has 1 aliphatic heterocycles. The molecule has 2 rings (SSSR count). The van der Waals surface area contributed by atoms with Crippen molar-refractivity contribution in [2.75, 3.05) is 25.1 Å². The molecule has 0 aliphatic carbocycles. The molecule has 1 atom stereocenters. The van der Waals surface area contributed by atoms with Gasteiger partial charge in [-0.2, -0.15) is 0 Å². The maximum absolute atomic E-state index is 13.5. The quantitative estimate of drug-likeness (QED) is 0.844. The Morgan fingerprint density at radius 3 is 3.05 bits per heavy atom. The van der Waals surface area contributed by atoms with Gasteiger partial charge in [-0.05, 0) is 18.6 Å². The molecule has 1 aliphatic rings. The Bertz CT molecular complexity index is 493. The van der Waals surface area contributed by atoms with Gasteiger partial charge in [0.05, 0.1) is 24.4 Å². The van der Waals surface area contributed by atoms with Gasteiger partial charge in [0, 0.05) is 13.1 Å². The lowest BCUT2D eigenvalue weighted by atomic mass is 10.1. The summed E-state index contributed by atoms with van der Waals surface area (Å²) in [5, 5.41) is 2.70. The zero-order chi connectivity index (χ0) is 13.8. The van der Waals surface area contributed by atoms with Gasteiger partial charge in [-0.25, -0.2) is 9.18 Å². The molecule has 1 aromatic rings. The molecule has 1 amide bonds. The number of amides is 1. The molecule has 1 N–H and O–H groups in total. The second-order valence-corrected chi connectivity index (χ2v) is 4.36. The molecule has 1 saturated heterocycles. The van der Waals surface area contributed by atoms with Crippen LogP contribution in [-0.4, -0.2) is 38.6 Å². The largest absolute Gasteiger partial charge is 0.453 e. The van der Waals surface area contributed by atoms with Gasteiger partial charge in [0.15, 0.2) is 6.29 Å². The van der Waals surface area contributed by atoms with Crippen LogP contribution in [0.15, 0.2) is 18.2 Å². The molecule has 19 heavy (non-hydrogen) atoms. The van der Waals surface area contributed by atoms with Crippen molar-refractivity contribution in [3.8, 4) is 0 Å². The topological polar surface area (TPSA) is 58.6 Å². The fraction of sp³-hybridized carbons (Fsp3) is 0.385. The summed E-state index contributed by atoms with van der Waals surface area (Å²) in [4.78, 5) is 24.0. The Labute approximate surface area is 110 Å². The summed E-state index contributed by atoms with van der Waals surface area (Å²) in [6.45, 7) is 1.18. The second kappa shape index (κ2) is 5.69. The third-order valence-corrected chi connectivity index (χ3v) is 3.18. The number of alkyl carbamates (subject to hydrolysis) is 1. The highest BCUT2D eigenvalue weighted by molar-refractivity contribution is 5.85. The molecule has 0 radical (unpaired) electrons. The Morgan fingerprint density at radius 1 is 1.58 bits per heavy atom. The first kappa shape index (κ1) is 13.3. The molecule has 0 spiro atoms. The van der Waals surface area contributed by atoms with Gasteiger partial charge in [-0.3, -0.25) is 4.79 Å². The van der Waals surface area contributed by atoms with Crippen LogP contribution < -0.4 is 10.2 Å². The Hall–Kier alpha value is -2.11. The molecular weight excluding hydrogens is 251 g/mol. The van der Waals surface area contributed by atoms with Crippen LogP contribution in [0.2, 0.25) is 0 Å². The molecule has 102 valence electrons. The van der Waals surface area contributed by atoms with Crippen molar-refractivity contribution in [2.45, 2.75) is 12.5 Å². The van der Waals surface area contributed by atoms with Crippen molar-refractivity contribution in [3.05, 3.63) is 29.6 Å². The first-order valence-electron chi connectivity index (χ1n) is 5.99. The van der Waals surface area contributed by atoms with Gasteiger partial charge < -0.3 is 15.0 Å². The normalized spacial score (nSPS) is 18.2. The minimum absolute atomic E-state index is 0.0567. The number of aldehydes is 1. The molecule has 0 aromatic heterocycles. The maximum Gasteiger partial charge on any atom is 0.407 e. The van der Waals surface area contributed by atoms with Crippen molar-refractivity contribution >= 4 is 18.1 Å². The Morgan fingerprint density at radius 2 is 2.37 bits per heavy atom. The van der Waals surface area contributed by atoms with Crippen molar-refractivity contribution in [3.63, 3.8) is 0 Å². The second-order valence-electron chi connectivity index (χ2n) is 4.36. The number of nitrogens with one attached hydrogen (secondary N) is 1. The molecule has 1 aromatic carbocycles. The number of hydrogen-bond donors (Lipinski definition) is 1. The van der Waals surface area contributed by atoms with E-state index in [9.17, 15) is 14.0 Å². The van der Waals surface area contributed by atoms with E-state index in [1.807, 2.05) is 4.90 Å². The number of halogens is 1. The minimum Gasteiger partial charge on any atom is -0.453 e. The highest BCUT2D eigenvalue weighted by Crippen LogP contribution is 2.25. The third kappa shape index (κ3) is 2.83. The standard InChI is InChI=1S/C13H15FN2O3/c1-19-13(18)15-9-5-6-16(7-9)12-4-2-3-11(14)10(12)8-17/h2-4,8-9H,5-7H2,1H3,(H,15,18). The van der Waals surface area contributed by atoms with Crippen LogP contribution in [-0.2, 0) is 4.74 Å². The van der Waals surface area contributed by atoms with E-state index in [0.717, 1.165) is 6.42 Å². The van der Waals surface area contributed by atoms with E-state index in [0.29, 0.717) is 25.1 Å². The van der Waals surface area contributed by atoms with Gasteiger partial charge in [0.25, 0.3) is 0 Å². The molecule has 0 bridgehead atoms. The minimum atomic E-state index is -0.531. The molecule has 1 fully saturated rings. The monoisotopic (exact) mass is 266 g/mol. The van der Waals surface area contributed by atoms with Crippen LogP contribution in [0.4, 0.5) is 14.9 Å².